The lowest BCUT2D eigenvalue weighted by atomic mass is 9.83. The quantitative estimate of drug-likeness (QED) is 0.604. The molecule has 24 heavy (non-hydrogen) atoms. The molecular formula is C17H18F3NO3. The van der Waals surface area contributed by atoms with Crippen LogP contribution < -0.4 is 0 Å². The van der Waals surface area contributed by atoms with Crippen molar-refractivity contribution >= 4 is 17.3 Å². The van der Waals surface area contributed by atoms with E-state index in [9.17, 15) is 22.8 Å². The number of ketones is 1. The van der Waals surface area contributed by atoms with Gasteiger partial charge in [0, 0.05) is 17.7 Å². The Kier molecular flexibility index (Phi) is 5.75. The summed E-state index contributed by atoms with van der Waals surface area (Å²) in [5, 5.41) is 0. The predicted molar refractivity (Wildman–Crippen MR) is 80.8 cm³/mol. The monoisotopic (exact) mass is 341 g/mol. The van der Waals surface area contributed by atoms with Crippen molar-refractivity contribution in [3.05, 3.63) is 35.7 Å². The third-order valence-electron chi connectivity index (χ3n) is 3.91. The van der Waals surface area contributed by atoms with Crippen LogP contribution in [0.2, 0.25) is 0 Å². The molecule has 4 nitrogen and oxygen atoms in total. The summed E-state index contributed by atoms with van der Waals surface area (Å²) < 4.78 is 43.8. The van der Waals surface area contributed by atoms with Crippen LogP contribution in [0.1, 0.15) is 43.9 Å². The maximum Gasteiger partial charge on any atom is 0.433 e. The van der Waals surface area contributed by atoms with Crippen LogP contribution in [-0.2, 0) is 20.5 Å². The first kappa shape index (κ1) is 18.2. The van der Waals surface area contributed by atoms with Crippen LogP contribution in [0.4, 0.5) is 13.2 Å². The van der Waals surface area contributed by atoms with E-state index in [1.165, 1.54) is 12.1 Å². The summed E-state index contributed by atoms with van der Waals surface area (Å²) >= 11 is 0. The number of carbonyl (C=O) groups excluding carboxylic acids is 2. The standard InChI is InChI=1S/C17H18F3NO3/c1-2-24-15(23)10-14(22)12-7-5-11(6-8-12)13-4-3-9-21-16(13)17(18,19)20/h3-5,9,12H,2,6-8,10H2,1H3. The Morgan fingerprint density at radius 1 is 1.38 bits per heavy atom. The number of carbonyl (C=O) groups is 2. The van der Waals surface area contributed by atoms with Gasteiger partial charge >= 0.3 is 12.1 Å². The number of allylic oxidation sites excluding steroid dienone is 2. The Morgan fingerprint density at radius 2 is 2.12 bits per heavy atom. The normalized spacial score (nSPS) is 18.0. The lowest BCUT2D eigenvalue weighted by molar-refractivity contribution is -0.146. The van der Waals surface area contributed by atoms with Crippen molar-refractivity contribution < 1.29 is 27.5 Å². The van der Waals surface area contributed by atoms with E-state index in [1.807, 2.05) is 0 Å². The van der Waals surface area contributed by atoms with Crippen LogP contribution in [0.5, 0.6) is 0 Å². The molecule has 2 rings (SSSR count). The number of alkyl halides is 3. The summed E-state index contributed by atoms with van der Waals surface area (Å²) in [6, 6.07) is 2.85. The first-order valence-corrected chi connectivity index (χ1v) is 7.73. The SMILES string of the molecule is CCOC(=O)CC(=O)C1CC=C(c2cccnc2C(F)(F)F)CC1. The van der Waals surface area contributed by atoms with E-state index in [4.69, 9.17) is 4.74 Å². The molecule has 7 heteroatoms. The highest BCUT2D eigenvalue weighted by atomic mass is 19.4. The van der Waals surface area contributed by atoms with Gasteiger partial charge in [0.25, 0.3) is 0 Å². The Labute approximate surface area is 137 Å². The Balaban J connectivity index is 2.09. The molecule has 0 saturated carbocycles. The van der Waals surface area contributed by atoms with E-state index in [0.717, 1.165) is 6.20 Å². The molecule has 0 saturated heterocycles. The van der Waals surface area contributed by atoms with Crippen molar-refractivity contribution in [2.24, 2.45) is 5.92 Å². The molecule has 1 aliphatic rings. The number of rotatable bonds is 5. The van der Waals surface area contributed by atoms with Gasteiger partial charge in [-0.2, -0.15) is 13.2 Å². The third kappa shape index (κ3) is 4.43. The lowest BCUT2D eigenvalue weighted by Gasteiger charge is -2.22. The Hall–Kier alpha value is -2.18. The number of nitrogens with zero attached hydrogens (tertiary/aromatic N) is 1. The number of pyridine rings is 1. The van der Waals surface area contributed by atoms with E-state index in [2.05, 4.69) is 4.98 Å². The second-order valence-electron chi connectivity index (χ2n) is 5.55. The van der Waals surface area contributed by atoms with Crippen LogP contribution in [0.25, 0.3) is 5.57 Å². The van der Waals surface area contributed by atoms with Crippen molar-refractivity contribution in [1.29, 1.82) is 0 Å². The topological polar surface area (TPSA) is 56.3 Å². The summed E-state index contributed by atoms with van der Waals surface area (Å²) in [4.78, 5) is 26.8. The number of Topliss-reactive ketones (excluding diaryl/α,β-unsaturated/α-hetero) is 1. The summed E-state index contributed by atoms with van der Waals surface area (Å²) in [5.74, 6) is -1.15. The number of esters is 1. The number of ether oxygens (including phenoxy) is 1. The molecule has 0 radical (unpaired) electrons. The van der Waals surface area contributed by atoms with Gasteiger partial charge in [-0.15, -0.1) is 0 Å². The molecule has 1 heterocycles. The molecule has 0 aromatic carbocycles. The minimum Gasteiger partial charge on any atom is -0.466 e. The fourth-order valence-corrected chi connectivity index (χ4v) is 2.76. The minimum absolute atomic E-state index is 0.0568. The van der Waals surface area contributed by atoms with Crippen LogP contribution in [0, 0.1) is 5.92 Å². The van der Waals surface area contributed by atoms with Crippen molar-refractivity contribution in [2.75, 3.05) is 6.61 Å². The molecule has 0 N–H and O–H groups in total. The molecule has 1 aliphatic carbocycles. The Morgan fingerprint density at radius 3 is 2.71 bits per heavy atom. The molecule has 1 unspecified atom stereocenters. The number of hydrogen-bond donors (Lipinski definition) is 0. The van der Waals surface area contributed by atoms with Gasteiger partial charge in [-0.1, -0.05) is 12.1 Å². The van der Waals surface area contributed by atoms with Crippen LogP contribution in [-0.4, -0.2) is 23.3 Å². The van der Waals surface area contributed by atoms with Crippen LogP contribution in [0.3, 0.4) is 0 Å². The zero-order valence-corrected chi connectivity index (χ0v) is 13.2. The largest absolute Gasteiger partial charge is 0.466 e. The van der Waals surface area contributed by atoms with Crippen molar-refractivity contribution in [1.82, 2.24) is 4.98 Å². The van der Waals surface area contributed by atoms with Crippen molar-refractivity contribution in [3.8, 4) is 0 Å². The van der Waals surface area contributed by atoms with Crippen molar-refractivity contribution in [2.45, 2.75) is 38.8 Å². The molecule has 130 valence electrons. The average Bonchev–Trinajstić information content (AvgIpc) is 2.54. The van der Waals surface area contributed by atoms with Gasteiger partial charge in [-0.25, -0.2) is 0 Å². The Bertz CT molecular complexity index is 653. The van der Waals surface area contributed by atoms with Gasteiger partial charge in [0.15, 0.2) is 5.69 Å². The minimum atomic E-state index is -4.52. The molecule has 0 spiro atoms. The molecule has 1 aromatic heterocycles. The van der Waals surface area contributed by atoms with Gasteiger partial charge in [-0.05, 0) is 37.8 Å². The highest BCUT2D eigenvalue weighted by Gasteiger charge is 2.36. The van der Waals surface area contributed by atoms with Gasteiger partial charge in [0.1, 0.15) is 12.2 Å². The maximum absolute atomic E-state index is 13.0. The highest BCUT2D eigenvalue weighted by molar-refractivity contribution is 5.97. The smallest absolute Gasteiger partial charge is 0.433 e. The van der Waals surface area contributed by atoms with Gasteiger partial charge in [0.2, 0.25) is 0 Å². The van der Waals surface area contributed by atoms with E-state index in [0.29, 0.717) is 24.8 Å². The zero-order valence-electron chi connectivity index (χ0n) is 13.2. The number of hydrogen-bond acceptors (Lipinski definition) is 4. The predicted octanol–water partition coefficient (Wildman–Crippen LogP) is 3.81. The van der Waals surface area contributed by atoms with E-state index in [-0.39, 0.29) is 30.3 Å². The molecular weight excluding hydrogens is 323 g/mol. The van der Waals surface area contributed by atoms with Crippen LogP contribution >= 0.6 is 0 Å². The van der Waals surface area contributed by atoms with E-state index < -0.39 is 17.8 Å². The molecule has 1 atom stereocenters. The average molecular weight is 341 g/mol. The van der Waals surface area contributed by atoms with E-state index >= 15 is 0 Å². The summed E-state index contributed by atoms with van der Waals surface area (Å²) in [5.41, 5.74) is -0.315. The van der Waals surface area contributed by atoms with E-state index in [1.54, 1.807) is 13.0 Å². The molecule has 0 bridgehead atoms. The summed E-state index contributed by atoms with van der Waals surface area (Å²) in [6.07, 6.45) is -0.981. The summed E-state index contributed by atoms with van der Waals surface area (Å²) in [6.45, 7) is 1.87. The molecule has 0 amide bonds. The van der Waals surface area contributed by atoms with Gasteiger partial charge in [0.05, 0.1) is 6.61 Å². The van der Waals surface area contributed by atoms with Crippen molar-refractivity contribution in [3.63, 3.8) is 0 Å². The third-order valence-corrected chi connectivity index (χ3v) is 3.91. The second-order valence-corrected chi connectivity index (χ2v) is 5.55. The fraction of sp³-hybridized carbons (Fsp3) is 0.471. The van der Waals surface area contributed by atoms with Gasteiger partial charge in [-0.3, -0.25) is 14.6 Å². The highest BCUT2D eigenvalue weighted by Crippen LogP contribution is 2.37. The zero-order chi connectivity index (χ0) is 17.7. The number of halogens is 3. The summed E-state index contributed by atoms with van der Waals surface area (Å²) in [7, 11) is 0. The molecule has 1 aromatic rings. The maximum atomic E-state index is 13.0. The number of aromatic nitrogens is 1. The lowest BCUT2D eigenvalue weighted by Crippen LogP contribution is -2.21. The first-order valence-electron chi connectivity index (χ1n) is 7.73. The molecule has 0 aliphatic heterocycles. The molecule has 0 fully saturated rings. The second kappa shape index (κ2) is 7.59. The fourth-order valence-electron chi connectivity index (χ4n) is 2.76. The van der Waals surface area contributed by atoms with Crippen LogP contribution in [0.15, 0.2) is 24.4 Å². The van der Waals surface area contributed by atoms with Gasteiger partial charge < -0.3 is 4.74 Å². The first-order chi connectivity index (χ1) is 11.3.